The van der Waals surface area contributed by atoms with Crippen LogP contribution in [0.4, 0.5) is 0 Å². The summed E-state index contributed by atoms with van der Waals surface area (Å²) in [6, 6.07) is 33.5. The van der Waals surface area contributed by atoms with Gasteiger partial charge in [0, 0.05) is 11.1 Å². The molecule has 3 heteroatoms. The monoisotopic (exact) mass is 347 g/mol. The first-order valence-electron chi connectivity index (χ1n) is 8.77. The van der Waals surface area contributed by atoms with Crippen LogP contribution in [0.2, 0.25) is 0 Å². The molecule has 0 bridgehead atoms. The van der Waals surface area contributed by atoms with Crippen molar-refractivity contribution in [3.05, 3.63) is 97.1 Å². The number of hydrogen-bond acceptors (Lipinski definition) is 3. The van der Waals surface area contributed by atoms with Crippen LogP contribution in [0.3, 0.4) is 0 Å². The molecule has 0 N–H and O–H groups in total. The minimum atomic E-state index is 0.511. The fraction of sp³-hybridized carbons (Fsp3) is 0. The van der Waals surface area contributed by atoms with Gasteiger partial charge in [-0.25, -0.2) is 0 Å². The Morgan fingerprint density at radius 3 is 2.00 bits per heavy atom. The number of aromatic nitrogens is 2. The van der Waals surface area contributed by atoms with Crippen LogP contribution in [0.25, 0.3) is 44.8 Å². The Morgan fingerprint density at radius 1 is 0.593 bits per heavy atom. The Labute approximate surface area is 156 Å². The maximum Gasteiger partial charge on any atom is 0.248 e. The first-order chi connectivity index (χ1) is 13.4. The predicted molar refractivity (Wildman–Crippen MR) is 107 cm³/mol. The molecule has 0 aliphatic heterocycles. The van der Waals surface area contributed by atoms with Gasteiger partial charge in [-0.05, 0) is 52.2 Å². The van der Waals surface area contributed by atoms with Gasteiger partial charge >= 0.3 is 0 Å². The van der Waals surface area contributed by atoms with Crippen LogP contribution >= 0.6 is 0 Å². The number of nitrogens with zero attached hydrogens (tertiary/aromatic N) is 2. The van der Waals surface area contributed by atoms with Gasteiger partial charge in [0.25, 0.3) is 0 Å². The number of rotatable bonds is 3. The lowest BCUT2D eigenvalue weighted by molar-refractivity contribution is 0.584. The summed E-state index contributed by atoms with van der Waals surface area (Å²) < 4.78 is 5.84. The molecule has 127 valence electrons. The molecular formula is C24H15N2O. The van der Waals surface area contributed by atoms with E-state index >= 15 is 0 Å². The smallest absolute Gasteiger partial charge is 0.248 e. The zero-order valence-electron chi connectivity index (χ0n) is 14.5. The van der Waals surface area contributed by atoms with E-state index in [1.807, 2.05) is 36.4 Å². The normalized spacial score (nSPS) is 11.0. The fourth-order valence-electron chi connectivity index (χ4n) is 3.26. The van der Waals surface area contributed by atoms with Crippen LogP contribution in [0.1, 0.15) is 0 Å². The zero-order chi connectivity index (χ0) is 18.1. The van der Waals surface area contributed by atoms with Crippen molar-refractivity contribution in [3.63, 3.8) is 0 Å². The summed E-state index contributed by atoms with van der Waals surface area (Å²) >= 11 is 0. The third kappa shape index (κ3) is 2.89. The first-order valence-corrected chi connectivity index (χ1v) is 8.77. The van der Waals surface area contributed by atoms with Crippen LogP contribution in [0.5, 0.6) is 0 Å². The second-order valence-electron chi connectivity index (χ2n) is 6.31. The molecule has 0 atom stereocenters. The summed E-state index contributed by atoms with van der Waals surface area (Å²) in [5, 5.41) is 10.8. The van der Waals surface area contributed by atoms with Gasteiger partial charge in [0.1, 0.15) is 0 Å². The number of hydrogen-bond donors (Lipinski definition) is 0. The number of fused-ring (bicyclic) bond motifs is 1. The molecule has 0 spiro atoms. The summed E-state index contributed by atoms with van der Waals surface area (Å²) in [6.07, 6.45) is 0. The SMILES string of the molecule is [c]1ccc(-c2nnc(-c3ccc(-c4cccc5ccccc45)cc3)o2)cc1. The molecule has 4 aromatic carbocycles. The average Bonchev–Trinajstić information content (AvgIpc) is 3.24. The lowest BCUT2D eigenvalue weighted by Crippen LogP contribution is -1.83. The van der Waals surface area contributed by atoms with Crippen molar-refractivity contribution in [1.29, 1.82) is 0 Å². The maximum absolute atomic E-state index is 5.84. The van der Waals surface area contributed by atoms with Gasteiger partial charge in [0.05, 0.1) is 0 Å². The molecular weight excluding hydrogens is 332 g/mol. The van der Waals surface area contributed by atoms with Crippen LogP contribution in [0, 0.1) is 6.07 Å². The van der Waals surface area contributed by atoms with E-state index in [1.54, 1.807) is 0 Å². The molecule has 0 saturated carbocycles. The van der Waals surface area contributed by atoms with Crippen LogP contribution in [0.15, 0.2) is 95.4 Å². The molecule has 0 aliphatic rings. The summed E-state index contributed by atoms with van der Waals surface area (Å²) in [7, 11) is 0. The van der Waals surface area contributed by atoms with E-state index in [-0.39, 0.29) is 0 Å². The quantitative estimate of drug-likeness (QED) is 0.400. The van der Waals surface area contributed by atoms with E-state index in [2.05, 4.69) is 70.9 Å². The molecule has 0 unspecified atom stereocenters. The van der Waals surface area contributed by atoms with Crippen molar-refractivity contribution in [2.75, 3.05) is 0 Å². The highest BCUT2D eigenvalue weighted by Crippen LogP contribution is 2.30. The third-order valence-corrected chi connectivity index (χ3v) is 4.62. The predicted octanol–water partition coefficient (Wildman–Crippen LogP) is 6.02. The Balaban J connectivity index is 1.50. The van der Waals surface area contributed by atoms with Gasteiger partial charge in [-0.3, -0.25) is 0 Å². The molecule has 0 aliphatic carbocycles. The van der Waals surface area contributed by atoms with Gasteiger partial charge in [-0.2, -0.15) is 0 Å². The minimum Gasteiger partial charge on any atom is -0.416 e. The van der Waals surface area contributed by atoms with E-state index in [1.165, 1.54) is 16.3 Å². The fourth-order valence-corrected chi connectivity index (χ4v) is 3.26. The van der Waals surface area contributed by atoms with Crippen molar-refractivity contribution in [1.82, 2.24) is 10.2 Å². The van der Waals surface area contributed by atoms with E-state index in [0.29, 0.717) is 11.8 Å². The van der Waals surface area contributed by atoms with Crippen LogP contribution in [-0.2, 0) is 0 Å². The van der Waals surface area contributed by atoms with Crippen molar-refractivity contribution in [2.24, 2.45) is 0 Å². The van der Waals surface area contributed by atoms with E-state index < -0.39 is 0 Å². The Morgan fingerprint density at radius 2 is 1.22 bits per heavy atom. The second-order valence-corrected chi connectivity index (χ2v) is 6.31. The maximum atomic E-state index is 5.84. The summed E-state index contributed by atoms with van der Waals surface area (Å²) in [5.41, 5.74) is 4.17. The Bertz CT molecular complexity index is 1200. The highest BCUT2D eigenvalue weighted by Gasteiger charge is 2.11. The molecule has 5 aromatic rings. The highest BCUT2D eigenvalue weighted by atomic mass is 16.4. The zero-order valence-corrected chi connectivity index (χ0v) is 14.5. The topological polar surface area (TPSA) is 38.9 Å². The van der Waals surface area contributed by atoms with Gasteiger partial charge in [-0.15, -0.1) is 10.2 Å². The van der Waals surface area contributed by atoms with E-state index in [4.69, 9.17) is 4.42 Å². The molecule has 1 radical (unpaired) electrons. The molecule has 1 aromatic heterocycles. The Kier molecular flexibility index (Phi) is 3.76. The summed E-state index contributed by atoms with van der Waals surface area (Å²) in [6.45, 7) is 0. The molecule has 5 rings (SSSR count). The third-order valence-electron chi connectivity index (χ3n) is 4.62. The molecule has 0 fully saturated rings. The van der Waals surface area contributed by atoms with Crippen molar-refractivity contribution in [2.45, 2.75) is 0 Å². The van der Waals surface area contributed by atoms with Gasteiger partial charge in [0.15, 0.2) is 0 Å². The number of benzene rings is 4. The van der Waals surface area contributed by atoms with Crippen LogP contribution in [-0.4, -0.2) is 10.2 Å². The largest absolute Gasteiger partial charge is 0.416 e. The van der Waals surface area contributed by atoms with E-state index in [0.717, 1.165) is 16.7 Å². The second kappa shape index (κ2) is 6.54. The lowest BCUT2D eigenvalue weighted by Gasteiger charge is -2.07. The van der Waals surface area contributed by atoms with Gasteiger partial charge in [0.2, 0.25) is 11.8 Å². The summed E-state index contributed by atoms with van der Waals surface area (Å²) in [4.78, 5) is 0. The van der Waals surface area contributed by atoms with Gasteiger partial charge < -0.3 is 4.42 Å². The lowest BCUT2D eigenvalue weighted by atomic mass is 9.97. The molecule has 27 heavy (non-hydrogen) atoms. The summed E-state index contributed by atoms with van der Waals surface area (Å²) in [5.74, 6) is 1.03. The first kappa shape index (κ1) is 15.5. The van der Waals surface area contributed by atoms with E-state index in [9.17, 15) is 0 Å². The highest BCUT2D eigenvalue weighted by molar-refractivity contribution is 5.96. The molecule has 0 saturated heterocycles. The molecule has 1 heterocycles. The van der Waals surface area contributed by atoms with Crippen LogP contribution < -0.4 is 0 Å². The standard InChI is InChI=1S/C24H15N2O/c1-2-8-19(9-3-1)23-25-26-24(27-23)20-15-13-18(14-16-20)22-12-6-10-17-7-4-5-11-21(17)22/h2-16H. The van der Waals surface area contributed by atoms with Crippen molar-refractivity contribution < 1.29 is 4.42 Å². The Hall–Kier alpha value is -3.72. The van der Waals surface area contributed by atoms with Gasteiger partial charge in [-0.1, -0.05) is 66.7 Å². The molecule has 0 amide bonds. The van der Waals surface area contributed by atoms with Crippen molar-refractivity contribution in [3.8, 4) is 34.0 Å². The average molecular weight is 347 g/mol. The minimum absolute atomic E-state index is 0.511. The molecule has 3 nitrogen and oxygen atoms in total. The van der Waals surface area contributed by atoms with Crippen molar-refractivity contribution >= 4 is 10.8 Å².